The first-order valence-corrected chi connectivity index (χ1v) is 7.03. The lowest BCUT2D eigenvalue weighted by atomic mass is 10.1. The third-order valence-electron chi connectivity index (χ3n) is 2.72. The van der Waals surface area contributed by atoms with Gasteiger partial charge in [0, 0.05) is 12.1 Å². The maximum absolute atomic E-state index is 12.2. The lowest BCUT2D eigenvalue weighted by Crippen LogP contribution is -2.27. The Hall–Kier alpha value is -1.79. The number of methoxy groups -OCH3 is 1. The minimum Gasteiger partial charge on any atom is -0.504 e. The van der Waals surface area contributed by atoms with Crippen LogP contribution in [-0.4, -0.2) is 33.9 Å². The van der Waals surface area contributed by atoms with Crippen LogP contribution in [0.5, 0.6) is 11.5 Å². The number of benzene rings is 1. The van der Waals surface area contributed by atoms with Gasteiger partial charge in [0.25, 0.3) is 5.91 Å². The molecule has 0 radical (unpaired) electrons. The van der Waals surface area contributed by atoms with E-state index in [1.54, 1.807) is 30.4 Å². The first-order valence-electron chi connectivity index (χ1n) is 5.80. The van der Waals surface area contributed by atoms with Crippen LogP contribution in [0, 0.1) is 0 Å². The number of aromatic hydroxyl groups is 1. The van der Waals surface area contributed by atoms with Crippen molar-refractivity contribution < 1.29 is 14.6 Å². The van der Waals surface area contributed by atoms with Crippen molar-refractivity contribution >= 4 is 40.3 Å². The van der Waals surface area contributed by atoms with E-state index in [-0.39, 0.29) is 11.7 Å². The number of amides is 1. The van der Waals surface area contributed by atoms with Crippen LogP contribution in [0.1, 0.15) is 5.56 Å². The van der Waals surface area contributed by atoms with Gasteiger partial charge in [-0.2, -0.15) is 0 Å². The summed E-state index contributed by atoms with van der Waals surface area (Å²) in [6, 6.07) is 5.10. The molecule has 1 amide bonds. The number of ether oxygens (including phenoxy) is 1. The molecule has 1 aromatic rings. The number of carbonyl (C=O) groups is 1. The maximum atomic E-state index is 12.2. The minimum absolute atomic E-state index is 0.00369. The van der Waals surface area contributed by atoms with Crippen molar-refractivity contribution in [1.29, 1.82) is 0 Å². The van der Waals surface area contributed by atoms with Crippen LogP contribution in [0.3, 0.4) is 0 Å². The number of carbonyl (C=O) groups excluding carboxylic acids is 1. The zero-order chi connectivity index (χ0) is 14.7. The smallest absolute Gasteiger partial charge is 0.266 e. The number of nitrogens with zero attached hydrogens (tertiary/aromatic N) is 1. The Morgan fingerprint density at radius 3 is 2.95 bits per heavy atom. The summed E-state index contributed by atoms with van der Waals surface area (Å²) in [7, 11) is 1.47. The molecule has 0 atom stereocenters. The molecule has 0 spiro atoms. The molecular weight excluding hydrogens is 294 g/mol. The second-order valence-corrected chi connectivity index (χ2v) is 5.65. The average molecular weight is 307 g/mol. The molecule has 6 heteroatoms. The first-order chi connectivity index (χ1) is 9.58. The molecule has 1 saturated heterocycles. The number of phenolic OH excluding ortho intramolecular Hbond substituents is 1. The van der Waals surface area contributed by atoms with E-state index in [0.29, 0.717) is 27.1 Å². The molecule has 1 heterocycles. The standard InChI is InChI=1S/C14H13NO3S2/c1-3-7-15-13(17)11(20-14(15)19)8-9-5-4-6-10(18-2)12(9)16/h3-6,8,16H,1,7H2,2H3/b11-8+. The van der Waals surface area contributed by atoms with E-state index in [9.17, 15) is 9.90 Å². The van der Waals surface area contributed by atoms with Crippen LogP contribution in [0.15, 0.2) is 35.8 Å². The molecule has 1 N–H and O–H groups in total. The van der Waals surface area contributed by atoms with Crippen molar-refractivity contribution in [1.82, 2.24) is 4.90 Å². The highest BCUT2D eigenvalue weighted by atomic mass is 32.2. The fraction of sp³-hybridized carbons (Fsp3) is 0.143. The summed E-state index contributed by atoms with van der Waals surface area (Å²) in [6.07, 6.45) is 3.23. The zero-order valence-electron chi connectivity index (χ0n) is 10.8. The van der Waals surface area contributed by atoms with Gasteiger partial charge in [0.15, 0.2) is 11.5 Å². The van der Waals surface area contributed by atoms with Gasteiger partial charge >= 0.3 is 0 Å². The van der Waals surface area contributed by atoms with Gasteiger partial charge in [0.2, 0.25) is 0 Å². The molecule has 1 aliphatic heterocycles. The molecule has 20 heavy (non-hydrogen) atoms. The summed E-state index contributed by atoms with van der Waals surface area (Å²) in [5.41, 5.74) is 0.517. The Bertz CT molecular complexity index is 610. The highest BCUT2D eigenvalue weighted by molar-refractivity contribution is 8.26. The summed E-state index contributed by atoms with van der Waals surface area (Å²) < 4.78 is 5.53. The van der Waals surface area contributed by atoms with Crippen molar-refractivity contribution in [3.63, 3.8) is 0 Å². The van der Waals surface area contributed by atoms with Crippen LogP contribution >= 0.6 is 24.0 Å². The van der Waals surface area contributed by atoms with E-state index < -0.39 is 0 Å². The van der Waals surface area contributed by atoms with Crippen LogP contribution < -0.4 is 4.74 Å². The molecule has 0 aromatic heterocycles. The molecule has 0 bridgehead atoms. The van der Waals surface area contributed by atoms with Crippen LogP contribution in [0.4, 0.5) is 0 Å². The molecule has 104 valence electrons. The van der Waals surface area contributed by atoms with E-state index in [1.165, 1.54) is 23.8 Å². The van der Waals surface area contributed by atoms with Crippen LogP contribution in [-0.2, 0) is 4.79 Å². The lowest BCUT2D eigenvalue weighted by Gasteiger charge is -2.10. The quantitative estimate of drug-likeness (QED) is 0.526. The van der Waals surface area contributed by atoms with Gasteiger partial charge in [-0.1, -0.05) is 42.2 Å². The SMILES string of the molecule is C=CCN1C(=O)/C(=C\c2cccc(OC)c2O)SC1=S. The molecule has 2 rings (SSSR count). The molecule has 0 saturated carbocycles. The van der Waals surface area contributed by atoms with E-state index >= 15 is 0 Å². The molecule has 1 aliphatic rings. The number of rotatable bonds is 4. The van der Waals surface area contributed by atoms with Gasteiger partial charge in [-0.15, -0.1) is 6.58 Å². The number of thioether (sulfide) groups is 1. The number of hydrogen-bond donors (Lipinski definition) is 1. The van der Waals surface area contributed by atoms with E-state index in [1.807, 2.05) is 0 Å². The second-order valence-electron chi connectivity index (χ2n) is 3.98. The number of thiocarbonyl (C=S) groups is 1. The summed E-state index contributed by atoms with van der Waals surface area (Å²) in [4.78, 5) is 14.1. The van der Waals surface area contributed by atoms with Crippen LogP contribution in [0.2, 0.25) is 0 Å². The second kappa shape index (κ2) is 6.11. The van der Waals surface area contributed by atoms with Gasteiger partial charge < -0.3 is 9.84 Å². The van der Waals surface area contributed by atoms with E-state index in [4.69, 9.17) is 17.0 Å². The largest absolute Gasteiger partial charge is 0.504 e. The Labute approximate surface area is 126 Å². The van der Waals surface area contributed by atoms with Crippen LogP contribution in [0.25, 0.3) is 6.08 Å². The third kappa shape index (κ3) is 2.71. The Morgan fingerprint density at radius 2 is 2.30 bits per heavy atom. The van der Waals surface area contributed by atoms with Crippen molar-refractivity contribution in [3.05, 3.63) is 41.3 Å². The monoisotopic (exact) mass is 307 g/mol. The van der Waals surface area contributed by atoms with Crippen molar-refractivity contribution in [3.8, 4) is 11.5 Å². The molecule has 1 fully saturated rings. The fourth-order valence-corrected chi connectivity index (χ4v) is 3.01. The van der Waals surface area contributed by atoms with E-state index in [2.05, 4.69) is 6.58 Å². The Kier molecular flexibility index (Phi) is 4.46. The average Bonchev–Trinajstić information content (AvgIpc) is 2.69. The fourth-order valence-electron chi connectivity index (χ4n) is 1.75. The van der Waals surface area contributed by atoms with Crippen molar-refractivity contribution in [2.24, 2.45) is 0 Å². The molecular formula is C14H13NO3S2. The third-order valence-corrected chi connectivity index (χ3v) is 4.10. The Morgan fingerprint density at radius 1 is 1.55 bits per heavy atom. The van der Waals surface area contributed by atoms with Gasteiger partial charge in [-0.25, -0.2) is 0 Å². The number of hydrogen-bond acceptors (Lipinski definition) is 5. The van der Waals surface area contributed by atoms with Gasteiger partial charge in [0.1, 0.15) is 4.32 Å². The highest BCUT2D eigenvalue weighted by Crippen LogP contribution is 2.36. The lowest BCUT2D eigenvalue weighted by molar-refractivity contribution is -0.121. The number of para-hydroxylation sites is 1. The van der Waals surface area contributed by atoms with E-state index in [0.717, 1.165) is 0 Å². The zero-order valence-corrected chi connectivity index (χ0v) is 12.5. The summed E-state index contributed by atoms with van der Waals surface area (Å²) in [5.74, 6) is 0.187. The van der Waals surface area contributed by atoms with Crippen molar-refractivity contribution in [2.75, 3.05) is 13.7 Å². The predicted molar refractivity (Wildman–Crippen MR) is 84.7 cm³/mol. The van der Waals surface area contributed by atoms with Crippen molar-refractivity contribution in [2.45, 2.75) is 0 Å². The van der Waals surface area contributed by atoms with Gasteiger partial charge in [0.05, 0.1) is 12.0 Å². The predicted octanol–water partition coefficient (Wildman–Crippen LogP) is 2.79. The minimum atomic E-state index is -0.179. The maximum Gasteiger partial charge on any atom is 0.266 e. The molecule has 0 unspecified atom stereocenters. The normalized spacial score (nSPS) is 16.9. The summed E-state index contributed by atoms with van der Waals surface area (Å²) >= 11 is 6.36. The van der Waals surface area contributed by atoms with Gasteiger partial charge in [-0.05, 0) is 12.1 Å². The number of phenols is 1. The molecule has 0 aliphatic carbocycles. The molecule has 4 nitrogen and oxygen atoms in total. The van der Waals surface area contributed by atoms with Gasteiger partial charge in [-0.3, -0.25) is 9.69 Å². The highest BCUT2D eigenvalue weighted by Gasteiger charge is 2.31. The topological polar surface area (TPSA) is 49.8 Å². The summed E-state index contributed by atoms with van der Waals surface area (Å²) in [5, 5.41) is 10.0. The summed E-state index contributed by atoms with van der Waals surface area (Å²) in [6.45, 7) is 3.98. The molecule has 1 aromatic carbocycles. The first kappa shape index (κ1) is 14.6. The Balaban J connectivity index is 2.35.